The molecule has 0 saturated carbocycles. The van der Waals surface area contributed by atoms with Crippen LogP contribution >= 0.6 is 0 Å². The molecule has 0 spiro atoms. The Kier molecular flexibility index (Phi) is 5.39. The molecule has 0 unspecified atom stereocenters. The third-order valence-electron chi connectivity index (χ3n) is 2.84. The molecule has 1 rings (SSSR count). The molecule has 90 valence electrons. The maximum absolute atomic E-state index is 12.9. The summed E-state index contributed by atoms with van der Waals surface area (Å²) in [5.41, 5.74) is 0.656. The summed E-state index contributed by atoms with van der Waals surface area (Å²) in [6, 6.07) is 3.62. The van der Waals surface area contributed by atoms with E-state index >= 15 is 0 Å². The Morgan fingerprint density at radius 2 is 1.62 bits per heavy atom. The summed E-state index contributed by atoms with van der Waals surface area (Å²) in [7, 11) is 0. The van der Waals surface area contributed by atoms with E-state index in [1.165, 1.54) is 12.1 Å². The molecule has 1 aromatic carbocycles. The second-order valence-electron chi connectivity index (χ2n) is 4.09. The lowest BCUT2D eigenvalue weighted by molar-refractivity contribution is 0.448. The summed E-state index contributed by atoms with van der Waals surface area (Å²) in [6.07, 6.45) is 2.25. The van der Waals surface area contributed by atoms with Crippen molar-refractivity contribution in [1.82, 2.24) is 5.32 Å². The van der Waals surface area contributed by atoms with E-state index < -0.39 is 11.6 Å². The van der Waals surface area contributed by atoms with Crippen LogP contribution in [0.4, 0.5) is 8.78 Å². The Balaban J connectivity index is 2.42. The molecular formula is C13H19F2N. The molecule has 0 saturated heterocycles. The lowest BCUT2D eigenvalue weighted by Gasteiger charge is -2.13. The summed E-state index contributed by atoms with van der Waals surface area (Å²) in [6.45, 7) is 5.71. The van der Waals surface area contributed by atoms with E-state index in [1.54, 1.807) is 0 Å². The Morgan fingerprint density at radius 1 is 1.06 bits per heavy atom. The van der Waals surface area contributed by atoms with Gasteiger partial charge in [0.2, 0.25) is 0 Å². The van der Waals surface area contributed by atoms with Crippen LogP contribution in [0.5, 0.6) is 0 Å². The quantitative estimate of drug-likeness (QED) is 0.784. The normalized spacial score (nSPS) is 11.1. The van der Waals surface area contributed by atoms with Crippen molar-refractivity contribution in [2.75, 3.05) is 6.54 Å². The number of hydrogen-bond donors (Lipinski definition) is 1. The van der Waals surface area contributed by atoms with Gasteiger partial charge in [-0.1, -0.05) is 26.7 Å². The van der Waals surface area contributed by atoms with E-state index in [1.807, 2.05) is 0 Å². The van der Waals surface area contributed by atoms with Crippen molar-refractivity contribution in [2.45, 2.75) is 33.2 Å². The van der Waals surface area contributed by atoms with E-state index in [0.29, 0.717) is 18.0 Å². The van der Waals surface area contributed by atoms with Crippen LogP contribution in [0, 0.1) is 17.6 Å². The molecule has 0 amide bonds. The Labute approximate surface area is 95.9 Å². The molecular weight excluding hydrogens is 208 g/mol. The molecule has 1 aromatic rings. The first-order valence-electron chi connectivity index (χ1n) is 5.81. The molecule has 1 nitrogen and oxygen atoms in total. The topological polar surface area (TPSA) is 12.0 Å². The maximum Gasteiger partial charge on any atom is 0.126 e. The molecule has 0 aromatic heterocycles. The van der Waals surface area contributed by atoms with Crippen molar-refractivity contribution in [1.29, 1.82) is 0 Å². The zero-order chi connectivity index (χ0) is 12.0. The molecule has 0 bridgehead atoms. The molecule has 0 atom stereocenters. The number of rotatable bonds is 6. The van der Waals surface area contributed by atoms with Crippen LogP contribution in [-0.2, 0) is 6.54 Å². The van der Waals surface area contributed by atoms with Crippen LogP contribution in [0.2, 0.25) is 0 Å². The number of hydrogen-bond acceptors (Lipinski definition) is 1. The van der Waals surface area contributed by atoms with E-state index in [2.05, 4.69) is 19.2 Å². The summed E-state index contributed by atoms with van der Waals surface area (Å²) in [5, 5.41) is 3.22. The molecule has 3 heteroatoms. The van der Waals surface area contributed by atoms with Crippen molar-refractivity contribution in [3.05, 3.63) is 35.4 Å². The molecule has 0 aliphatic rings. The van der Waals surface area contributed by atoms with Crippen LogP contribution < -0.4 is 5.32 Å². The minimum Gasteiger partial charge on any atom is -0.312 e. The minimum atomic E-state index is -0.515. The molecule has 0 radical (unpaired) electrons. The van der Waals surface area contributed by atoms with Gasteiger partial charge in [-0.25, -0.2) is 8.78 Å². The Bertz CT molecular complexity index is 301. The average molecular weight is 227 g/mol. The highest BCUT2D eigenvalue weighted by Gasteiger charge is 2.04. The fourth-order valence-electron chi connectivity index (χ4n) is 1.71. The largest absolute Gasteiger partial charge is 0.312 e. The zero-order valence-electron chi connectivity index (χ0n) is 9.89. The first-order chi connectivity index (χ1) is 7.65. The van der Waals surface area contributed by atoms with Gasteiger partial charge >= 0.3 is 0 Å². The van der Waals surface area contributed by atoms with E-state index in [-0.39, 0.29) is 0 Å². The Hall–Kier alpha value is -0.960. The second kappa shape index (κ2) is 6.59. The van der Waals surface area contributed by atoms with Crippen molar-refractivity contribution < 1.29 is 8.78 Å². The smallest absolute Gasteiger partial charge is 0.126 e. The van der Waals surface area contributed by atoms with Gasteiger partial charge in [0.25, 0.3) is 0 Å². The van der Waals surface area contributed by atoms with Crippen molar-refractivity contribution in [3.63, 3.8) is 0 Å². The van der Waals surface area contributed by atoms with Crippen LogP contribution in [0.15, 0.2) is 18.2 Å². The van der Waals surface area contributed by atoms with Crippen LogP contribution in [0.3, 0.4) is 0 Å². The van der Waals surface area contributed by atoms with Gasteiger partial charge in [0.1, 0.15) is 11.6 Å². The van der Waals surface area contributed by atoms with E-state index in [9.17, 15) is 8.78 Å². The summed E-state index contributed by atoms with van der Waals surface area (Å²) < 4.78 is 25.8. The van der Waals surface area contributed by atoms with E-state index in [0.717, 1.165) is 25.5 Å². The van der Waals surface area contributed by atoms with Crippen molar-refractivity contribution in [2.24, 2.45) is 5.92 Å². The van der Waals surface area contributed by atoms with Gasteiger partial charge in [0.15, 0.2) is 0 Å². The maximum atomic E-state index is 12.9. The highest BCUT2D eigenvalue weighted by Crippen LogP contribution is 2.09. The van der Waals surface area contributed by atoms with E-state index in [4.69, 9.17) is 0 Å². The average Bonchev–Trinajstić information content (AvgIpc) is 2.23. The summed E-state index contributed by atoms with van der Waals surface area (Å²) in [5.74, 6) is -0.392. The fraction of sp³-hybridized carbons (Fsp3) is 0.538. The summed E-state index contributed by atoms with van der Waals surface area (Å²) in [4.78, 5) is 0. The van der Waals surface area contributed by atoms with Gasteiger partial charge in [-0.2, -0.15) is 0 Å². The minimum absolute atomic E-state index is 0.515. The lowest BCUT2D eigenvalue weighted by atomic mass is 10.0. The molecule has 0 fully saturated rings. The predicted molar refractivity (Wildman–Crippen MR) is 62.1 cm³/mol. The van der Waals surface area contributed by atoms with Crippen LogP contribution in [0.25, 0.3) is 0 Å². The monoisotopic (exact) mass is 227 g/mol. The standard InChI is InChI=1S/C13H19F2N/c1-3-10(4-2)8-16-9-11-5-12(14)7-13(15)6-11/h5-7,10,16H,3-4,8-9H2,1-2H3. The molecule has 0 aliphatic heterocycles. The van der Waals surface area contributed by atoms with Crippen LogP contribution in [-0.4, -0.2) is 6.54 Å². The highest BCUT2D eigenvalue weighted by atomic mass is 19.1. The second-order valence-corrected chi connectivity index (χ2v) is 4.09. The lowest BCUT2D eigenvalue weighted by Crippen LogP contribution is -2.21. The van der Waals surface area contributed by atoms with Crippen molar-refractivity contribution >= 4 is 0 Å². The number of benzene rings is 1. The molecule has 1 N–H and O–H groups in total. The Morgan fingerprint density at radius 3 is 2.12 bits per heavy atom. The first-order valence-corrected chi connectivity index (χ1v) is 5.81. The van der Waals surface area contributed by atoms with Gasteiger partial charge in [0, 0.05) is 12.6 Å². The highest BCUT2D eigenvalue weighted by molar-refractivity contribution is 5.17. The molecule has 16 heavy (non-hydrogen) atoms. The number of halogens is 2. The number of nitrogens with one attached hydrogen (secondary N) is 1. The third kappa shape index (κ3) is 4.27. The van der Waals surface area contributed by atoms with Gasteiger partial charge in [-0.15, -0.1) is 0 Å². The van der Waals surface area contributed by atoms with Gasteiger partial charge < -0.3 is 5.32 Å². The predicted octanol–water partition coefficient (Wildman–Crippen LogP) is 3.49. The van der Waals surface area contributed by atoms with Gasteiger partial charge in [-0.05, 0) is 30.2 Å². The van der Waals surface area contributed by atoms with Crippen LogP contribution in [0.1, 0.15) is 32.3 Å². The molecule has 0 heterocycles. The SMILES string of the molecule is CCC(CC)CNCc1cc(F)cc(F)c1. The third-order valence-corrected chi connectivity index (χ3v) is 2.84. The van der Waals surface area contributed by atoms with Gasteiger partial charge in [0.05, 0.1) is 0 Å². The summed E-state index contributed by atoms with van der Waals surface area (Å²) >= 11 is 0. The van der Waals surface area contributed by atoms with Gasteiger partial charge in [-0.3, -0.25) is 0 Å². The fourth-order valence-corrected chi connectivity index (χ4v) is 1.71. The zero-order valence-corrected chi connectivity index (χ0v) is 9.89. The molecule has 0 aliphatic carbocycles. The first kappa shape index (κ1) is 13.1. The van der Waals surface area contributed by atoms with Crippen molar-refractivity contribution in [3.8, 4) is 0 Å².